The Balaban J connectivity index is 1.90. The summed E-state index contributed by atoms with van der Waals surface area (Å²) in [6, 6.07) is -1.34. The summed E-state index contributed by atoms with van der Waals surface area (Å²) in [5.41, 5.74) is -4.68. The Morgan fingerprint density at radius 3 is 2.13 bits per heavy atom. The number of ether oxygens (including phenoxy) is 5. The smallest absolute Gasteiger partial charge is 0.424 e. The number of nitrogens with one attached hydrogen (secondary N) is 2. The summed E-state index contributed by atoms with van der Waals surface area (Å²) >= 11 is 0. The van der Waals surface area contributed by atoms with E-state index in [0.29, 0.717) is 4.57 Å². The molecule has 0 radical (unpaired) electrons. The van der Waals surface area contributed by atoms with Gasteiger partial charge in [0, 0.05) is 7.11 Å². The Hall–Kier alpha value is -3.28. The Labute approximate surface area is 259 Å². The predicted octanol–water partition coefficient (Wildman–Crippen LogP) is 3.16. The Kier molecular flexibility index (Phi) is 9.09. The van der Waals surface area contributed by atoms with Gasteiger partial charge in [0.05, 0.1) is 0 Å². The summed E-state index contributed by atoms with van der Waals surface area (Å²) in [4.78, 5) is 59.0. The van der Waals surface area contributed by atoms with Crippen LogP contribution in [0.4, 0.5) is 31.8 Å². The predicted molar refractivity (Wildman–Crippen MR) is 156 cm³/mol. The largest absolute Gasteiger partial charge is 0.444 e. The number of amides is 2. The van der Waals surface area contributed by atoms with Crippen LogP contribution in [0.2, 0.25) is 0 Å². The van der Waals surface area contributed by atoms with Crippen LogP contribution in [0.25, 0.3) is 0 Å². The molecule has 45 heavy (non-hydrogen) atoms. The van der Waals surface area contributed by atoms with E-state index in [-0.39, 0.29) is 0 Å². The van der Waals surface area contributed by atoms with Crippen LogP contribution in [0.3, 0.4) is 0 Å². The lowest BCUT2D eigenvalue weighted by Crippen LogP contribution is -2.70. The second-order valence-electron chi connectivity index (χ2n) is 13.4. The van der Waals surface area contributed by atoms with Gasteiger partial charge in [-0.1, -0.05) is 0 Å². The Morgan fingerprint density at radius 2 is 1.58 bits per heavy atom. The monoisotopic (exact) mass is 661 g/mol. The van der Waals surface area contributed by atoms with Gasteiger partial charge in [-0.05, 0) is 62.3 Å². The minimum atomic E-state index is -3.77. The van der Waals surface area contributed by atoms with Gasteiger partial charge in [0.2, 0.25) is 5.95 Å². The van der Waals surface area contributed by atoms with Crippen molar-refractivity contribution in [2.75, 3.05) is 29.0 Å². The molecule has 3 N–H and O–H groups in total. The number of aliphatic hydroxyl groups is 1. The van der Waals surface area contributed by atoms with Crippen LogP contribution in [-0.4, -0.2) is 94.0 Å². The van der Waals surface area contributed by atoms with E-state index in [2.05, 4.69) is 15.6 Å². The first-order valence-corrected chi connectivity index (χ1v) is 15.7. The molecule has 0 bridgehead atoms. The molecule has 2 amide bonds. The second-order valence-corrected chi connectivity index (χ2v) is 15.5. The average Bonchev–Trinajstić information content (AvgIpc) is 2.85. The van der Waals surface area contributed by atoms with E-state index < -0.39 is 103 Å². The molecule has 1 unspecified atom stereocenters. The quantitative estimate of drug-likeness (QED) is 0.306. The zero-order valence-electron chi connectivity index (χ0n) is 26.7. The van der Waals surface area contributed by atoms with E-state index in [1.807, 2.05) is 0 Å². The highest BCUT2D eigenvalue weighted by Crippen LogP contribution is 2.54. The minimum absolute atomic E-state index is 0.425. The molecule has 6 atom stereocenters. The van der Waals surface area contributed by atoms with Crippen LogP contribution >= 0.6 is 7.60 Å². The standard InChI is InChI=1S/C26H40N5O13P/c1-24(2,3)41-21(34)29-20-28-16-13(17(33)31(20)23(36)43-26(7,8)9)27-12-14(32)15-19(39-11-45(37,38-10)44-15)40-18(12)30(16)22(35)42-25(4,5)6/h12,14-15,18-19,27,32H,11H2,1-10H3,(H,28,29,34)/t12-,14+,15+,18+,19-,45?/m0/s1. The molecule has 1 aromatic heterocycles. The summed E-state index contributed by atoms with van der Waals surface area (Å²) in [5.74, 6) is -1.07. The molecule has 0 aromatic carbocycles. The van der Waals surface area contributed by atoms with Crippen molar-refractivity contribution in [2.45, 2.75) is 110 Å². The molecule has 4 heterocycles. The summed E-state index contributed by atoms with van der Waals surface area (Å²) in [6.07, 6.45) is -9.64. The molecule has 0 aliphatic carbocycles. The molecule has 3 aliphatic heterocycles. The number of fused-ring (bicyclic) bond motifs is 3. The SMILES string of the molecule is COP1(=O)CO[C@H]2O[C@@H]3[C@@H](Nc4c(nc(NC(=O)OC(C)(C)C)n(C(=O)OC(C)(C)C)c4=O)N3C(=O)OC(C)(C)C)[C@@H](O)[C@H]2O1. The first kappa shape index (κ1) is 34.6. The first-order chi connectivity index (χ1) is 20.5. The number of hydrogen-bond acceptors (Lipinski definition) is 15. The molecule has 4 rings (SSSR count). The fourth-order valence-corrected chi connectivity index (χ4v) is 5.67. The molecule has 3 aliphatic rings. The van der Waals surface area contributed by atoms with E-state index in [9.17, 15) is 28.8 Å². The lowest BCUT2D eigenvalue weighted by atomic mass is 9.97. The highest BCUT2D eigenvalue weighted by atomic mass is 31.2. The van der Waals surface area contributed by atoms with Crippen molar-refractivity contribution in [1.82, 2.24) is 9.55 Å². The molecule has 1 aromatic rings. The highest BCUT2D eigenvalue weighted by molar-refractivity contribution is 7.53. The maximum Gasteiger partial charge on any atom is 0.424 e. The van der Waals surface area contributed by atoms with Crippen molar-refractivity contribution in [2.24, 2.45) is 0 Å². The normalized spacial score (nSPS) is 28.1. The third kappa shape index (κ3) is 7.58. The van der Waals surface area contributed by atoms with Gasteiger partial charge in [-0.25, -0.2) is 19.3 Å². The van der Waals surface area contributed by atoms with Crippen molar-refractivity contribution in [3.05, 3.63) is 10.4 Å². The zero-order valence-corrected chi connectivity index (χ0v) is 27.6. The number of aliphatic hydroxyl groups excluding tert-OH is 1. The van der Waals surface area contributed by atoms with Gasteiger partial charge >= 0.3 is 25.9 Å². The number of carbonyl (C=O) groups excluding carboxylic acids is 3. The zero-order chi connectivity index (χ0) is 33.9. The van der Waals surface area contributed by atoms with Crippen molar-refractivity contribution in [3.63, 3.8) is 0 Å². The number of anilines is 3. The lowest BCUT2D eigenvalue weighted by molar-refractivity contribution is -0.272. The number of aromatic nitrogens is 2. The summed E-state index contributed by atoms with van der Waals surface area (Å²) in [7, 11) is -2.62. The molecule has 2 saturated heterocycles. The summed E-state index contributed by atoms with van der Waals surface area (Å²) in [5, 5.41) is 16.5. The van der Waals surface area contributed by atoms with E-state index in [4.69, 9.17) is 32.7 Å². The van der Waals surface area contributed by atoms with Crippen molar-refractivity contribution >= 4 is 43.3 Å². The third-order valence-electron chi connectivity index (χ3n) is 6.15. The molecule has 0 saturated carbocycles. The molecular formula is C26H40N5O13P. The van der Waals surface area contributed by atoms with Gasteiger partial charge in [0.15, 0.2) is 24.7 Å². The Morgan fingerprint density at radius 1 is 1.00 bits per heavy atom. The van der Waals surface area contributed by atoms with E-state index >= 15 is 0 Å². The maximum absolute atomic E-state index is 14.0. The number of nitrogens with zero attached hydrogens (tertiary/aromatic N) is 3. The van der Waals surface area contributed by atoms with Crippen molar-refractivity contribution < 1.29 is 56.8 Å². The topological polar surface area (TPSA) is 215 Å². The fourth-order valence-electron chi connectivity index (χ4n) is 4.49. The van der Waals surface area contributed by atoms with E-state index in [1.165, 1.54) is 0 Å². The van der Waals surface area contributed by atoms with Crippen LogP contribution < -0.4 is 21.1 Å². The maximum atomic E-state index is 14.0. The third-order valence-corrected chi connectivity index (χ3v) is 7.73. The van der Waals surface area contributed by atoms with Gasteiger partial charge in [0.25, 0.3) is 5.56 Å². The molecule has 0 spiro atoms. The van der Waals surface area contributed by atoms with E-state index in [1.54, 1.807) is 62.3 Å². The number of carbonyl (C=O) groups is 3. The molecule has 18 nitrogen and oxygen atoms in total. The van der Waals surface area contributed by atoms with Gasteiger partial charge in [-0.15, -0.1) is 0 Å². The number of hydrogen-bond donors (Lipinski definition) is 3. The summed E-state index contributed by atoms with van der Waals surface area (Å²) < 4.78 is 51.5. The Bertz CT molecular complexity index is 1460. The fraction of sp³-hybridized carbons (Fsp3) is 0.731. The van der Waals surface area contributed by atoms with Crippen molar-refractivity contribution in [1.29, 1.82) is 0 Å². The molecular weight excluding hydrogens is 621 g/mol. The van der Waals surface area contributed by atoms with Gasteiger partial charge in [-0.3, -0.25) is 19.2 Å². The average molecular weight is 662 g/mol. The van der Waals surface area contributed by atoms with Crippen LogP contribution in [0.1, 0.15) is 62.3 Å². The number of rotatable bonds is 2. The van der Waals surface area contributed by atoms with Crippen LogP contribution in [0.15, 0.2) is 4.79 Å². The van der Waals surface area contributed by atoms with Crippen LogP contribution in [0, 0.1) is 0 Å². The van der Waals surface area contributed by atoms with Gasteiger partial charge < -0.3 is 38.6 Å². The molecule has 2 fully saturated rings. The second kappa shape index (κ2) is 11.8. The van der Waals surface area contributed by atoms with Gasteiger partial charge in [-0.2, -0.15) is 9.55 Å². The molecule has 252 valence electrons. The molecule has 19 heteroatoms. The van der Waals surface area contributed by atoms with Crippen LogP contribution in [0.5, 0.6) is 0 Å². The minimum Gasteiger partial charge on any atom is -0.444 e. The lowest BCUT2D eigenvalue weighted by Gasteiger charge is -2.51. The van der Waals surface area contributed by atoms with Crippen LogP contribution in [-0.2, 0) is 37.3 Å². The first-order valence-electron chi connectivity index (χ1n) is 14.0. The summed E-state index contributed by atoms with van der Waals surface area (Å²) in [6.45, 7) is 14.3. The van der Waals surface area contributed by atoms with Gasteiger partial charge in [0.1, 0.15) is 40.7 Å². The van der Waals surface area contributed by atoms with E-state index in [0.717, 1.165) is 12.0 Å². The van der Waals surface area contributed by atoms with Crippen molar-refractivity contribution in [3.8, 4) is 0 Å². The highest BCUT2D eigenvalue weighted by Gasteiger charge is 2.58.